The van der Waals surface area contributed by atoms with Crippen molar-refractivity contribution in [2.24, 2.45) is 0 Å². The molecule has 0 atom stereocenters. The lowest BCUT2D eigenvalue weighted by atomic mass is 10.1. The summed E-state index contributed by atoms with van der Waals surface area (Å²) in [5.41, 5.74) is 3.34. The number of aryl methyl sites for hydroxylation is 1. The Morgan fingerprint density at radius 1 is 0.816 bits per heavy atom. The van der Waals surface area contributed by atoms with Crippen LogP contribution in [0, 0.1) is 6.92 Å². The Morgan fingerprint density at radius 3 is 2.26 bits per heavy atom. The largest absolute Gasteiger partial charge is 0.321 e. The van der Waals surface area contributed by atoms with Crippen LogP contribution in [0.15, 0.2) is 114 Å². The molecule has 38 heavy (non-hydrogen) atoms. The third-order valence-corrected chi connectivity index (χ3v) is 6.91. The van der Waals surface area contributed by atoms with Crippen LogP contribution in [0.4, 0.5) is 5.69 Å². The minimum Gasteiger partial charge on any atom is -0.321 e. The molecule has 0 bridgehead atoms. The zero-order chi connectivity index (χ0) is 26.9. The smallest absolute Gasteiger partial charge is 0.272 e. The Labute approximate surface area is 230 Å². The van der Waals surface area contributed by atoms with Crippen molar-refractivity contribution in [1.82, 2.24) is 5.32 Å². The second-order valence-corrected chi connectivity index (χ2v) is 9.92. The van der Waals surface area contributed by atoms with E-state index in [0.29, 0.717) is 27.4 Å². The van der Waals surface area contributed by atoms with Gasteiger partial charge in [0.05, 0.1) is 5.75 Å². The molecule has 7 heteroatoms. The predicted molar refractivity (Wildman–Crippen MR) is 155 cm³/mol. The Morgan fingerprint density at radius 2 is 1.53 bits per heavy atom. The van der Waals surface area contributed by atoms with E-state index in [4.69, 9.17) is 11.6 Å². The molecular formula is C31H25ClN2O3S. The molecule has 5 nitrogen and oxygen atoms in total. The fraction of sp³-hybridized carbons (Fsp3) is 0.0645. The summed E-state index contributed by atoms with van der Waals surface area (Å²) in [7, 11) is 0. The maximum atomic E-state index is 13.3. The first-order valence-electron chi connectivity index (χ1n) is 11.9. The molecule has 0 aliphatic rings. The molecular weight excluding hydrogens is 516 g/mol. The number of ketones is 1. The molecule has 0 aromatic heterocycles. The highest BCUT2D eigenvalue weighted by molar-refractivity contribution is 8.00. The van der Waals surface area contributed by atoms with Crippen LogP contribution in [0.2, 0.25) is 5.02 Å². The summed E-state index contributed by atoms with van der Waals surface area (Å²) in [6.07, 6.45) is 1.54. The predicted octanol–water partition coefficient (Wildman–Crippen LogP) is 7.03. The summed E-state index contributed by atoms with van der Waals surface area (Å²) >= 11 is 7.69. The first kappa shape index (κ1) is 26.9. The molecule has 0 saturated heterocycles. The molecule has 0 radical (unpaired) electrons. The standard InChI is InChI=1S/C31H25ClN2O3S/c1-21-14-16-22(17-15-21)29(35)20-38-26-12-7-11-25(19-26)33-31(37)28(18-24-10-5-6-13-27(24)32)34-30(36)23-8-3-2-4-9-23/h2-19H,20H2,1H3,(H,33,37)(H,34,36)/b28-18-. The van der Waals surface area contributed by atoms with Gasteiger partial charge in [0.15, 0.2) is 5.78 Å². The van der Waals surface area contributed by atoms with E-state index >= 15 is 0 Å². The van der Waals surface area contributed by atoms with Crippen LogP contribution in [-0.2, 0) is 4.79 Å². The number of hydrogen-bond acceptors (Lipinski definition) is 4. The highest BCUT2D eigenvalue weighted by atomic mass is 35.5. The number of carbonyl (C=O) groups excluding carboxylic acids is 3. The molecule has 4 aromatic rings. The zero-order valence-electron chi connectivity index (χ0n) is 20.6. The van der Waals surface area contributed by atoms with Crippen molar-refractivity contribution in [1.29, 1.82) is 0 Å². The number of benzene rings is 4. The second-order valence-electron chi connectivity index (χ2n) is 8.46. The second kappa shape index (κ2) is 12.9. The van der Waals surface area contributed by atoms with Crippen molar-refractivity contribution in [2.75, 3.05) is 11.1 Å². The molecule has 0 spiro atoms. The Kier molecular flexibility index (Phi) is 9.14. The first-order chi connectivity index (χ1) is 18.4. The van der Waals surface area contributed by atoms with Crippen molar-refractivity contribution in [3.05, 3.63) is 136 Å². The summed E-state index contributed by atoms with van der Waals surface area (Å²) in [6, 6.07) is 30.4. The van der Waals surface area contributed by atoms with Gasteiger partial charge in [-0.3, -0.25) is 14.4 Å². The van der Waals surface area contributed by atoms with E-state index in [-0.39, 0.29) is 17.2 Å². The average Bonchev–Trinajstić information content (AvgIpc) is 2.93. The number of thioether (sulfide) groups is 1. The number of anilines is 1. The summed E-state index contributed by atoms with van der Waals surface area (Å²) in [4.78, 5) is 39.5. The van der Waals surface area contributed by atoms with Crippen molar-refractivity contribution in [3.63, 3.8) is 0 Å². The Bertz CT molecular complexity index is 1480. The van der Waals surface area contributed by atoms with Crippen LogP contribution < -0.4 is 10.6 Å². The number of carbonyl (C=O) groups is 3. The average molecular weight is 541 g/mol. The minimum absolute atomic E-state index is 0.0259. The van der Waals surface area contributed by atoms with Crippen molar-refractivity contribution < 1.29 is 14.4 Å². The third-order valence-electron chi connectivity index (χ3n) is 5.57. The van der Waals surface area contributed by atoms with E-state index < -0.39 is 11.8 Å². The lowest BCUT2D eigenvalue weighted by Crippen LogP contribution is -2.30. The van der Waals surface area contributed by atoms with Crippen LogP contribution in [0.1, 0.15) is 31.8 Å². The topological polar surface area (TPSA) is 75.3 Å². The summed E-state index contributed by atoms with van der Waals surface area (Å²) in [6.45, 7) is 1.98. The lowest BCUT2D eigenvalue weighted by molar-refractivity contribution is -0.113. The Hall–Kier alpha value is -4.13. The first-order valence-corrected chi connectivity index (χ1v) is 13.2. The molecule has 4 aromatic carbocycles. The molecule has 0 heterocycles. The van der Waals surface area contributed by atoms with Crippen molar-refractivity contribution in [2.45, 2.75) is 11.8 Å². The number of Topliss-reactive ketones (excluding diaryl/α,β-unsaturated/α-hetero) is 1. The van der Waals surface area contributed by atoms with E-state index in [1.165, 1.54) is 17.8 Å². The fourth-order valence-electron chi connectivity index (χ4n) is 3.52. The number of amides is 2. The molecule has 0 unspecified atom stereocenters. The van der Waals surface area contributed by atoms with Crippen LogP contribution >= 0.6 is 23.4 Å². The number of halogens is 1. The fourth-order valence-corrected chi connectivity index (χ4v) is 4.56. The summed E-state index contributed by atoms with van der Waals surface area (Å²) in [5.74, 6) is -0.631. The van der Waals surface area contributed by atoms with Gasteiger partial charge in [0, 0.05) is 26.7 Å². The molecule has 190 valence electrons. The number of rotatable bonds is 9. The van der Waals surface area contributed by atoms with Gasteiger partial charge < -0.3 is 10.6 Å². The molecule has 2 amide bonds. The molecule has 0 aliphatic carbocycles. The van der Waals surface area contributed by atoms with E-state index in [1.54, 1.807) is 66.7 Å². The third kappa shape index (κ3) is 7.44. The van der Waals surface area contributed by atoms with Crippen LogP contribution in [0.3, 0.4) is 0 Å². The minimum atomic E-state index is -0.507. The van der Waals surface area contributed by atoms with E-state index in [2.05, 4.69) is 10.6 Å². The van der Waals surface area contributed by atoms with Gasteiger partial charge in [-0.25, -0.2) is 0 Å². The SMILES string of the molecule is Cc1ccc(C(=O)CSc2cccc(NC(=O)/C(=C/c3ccccc3Cl)NC(=O)c3ccccc3)c2)cc1. The Balaban J connectivity index is 1.49. The monoisotopic (exact) mass is 540 g/mol. The van der Waals surface area contributed by atoms with Gasteiger partial charge in [0.1, 0.15) is 5.70 Å². The molecule has 0 fully saturated rings. The van der Waals surface area contributed by atoms with Gasteiger partial charge in [-0.05, 0) is 55.0 Å². The quantitative estimate of drug-likeness (QED) is 0.136. The van der Waals surface area contributed by atoms with Crippen LogP contribution in [0.25, 0.3) is 6.08 Å². The van der Waals surface area contributed by atoms with E-state index in [9.17, 15) is 14.4 Å². The van der Waals surface area contributed by atoms with Crippen LogP contribution in [0.5, 0.6) is 0 Å². The number of hydrogen-bond donors (Lipinski definition) is 2. The normalized spacial score (nSPS) is 11.1. The molecule has 0 aliphatic heterocycles. The summed E-state index contributed by atoms with van der Waals surface area (Å²) < 4.78 is 0. The molecule has 4 rings (SSSR count). The number of nitrogens with one attached hydrogen (secondary N) is 2. The lowest BCUT2D eigenvalue weighted by Gasteiger charge is -2.12. The summed E-state index contributed by atoms with van der Waals surface area (Å²) in [5, 5.41) is 6.00. The van der Waals surface area contributed by atoms with Crippen LogP contribution in [-0.4, -0.2) is 23.4 Å². The van der Waals surface area contributed by atoms with Crippen molar-refractivity contribution >= 4 is 52.7 Å². The zero-order valence-corrected chi connectivity index (χ0v) is 22.2. The van der Waals surface area contributed by atoms with Gasteiger partial charge in [-0.1, -0.05) is 83.9 Å². The van der Waals surface area contributed by atoms with Gasteiger partial charge >= 0.3 is 0 Å². The van der Waals surface area contributed by atoms with Gasteiger partial charge in [0.25, 0.3) is 11.8 Å². The molecule has 0 saturated carbocycles. The van der Waals surface area contributed by atoms with Crippen molar-refractivity contribution in [3.8, 4) is 0 Å². The molecule has 2 N–H and O–H groups in total. The highest BCUT2D eigenvalue weighted by Crippen LogP contribution is 2.24. The van der Waals surface area contributed by atoms with E-state index in [0.717, 1.165) is 10.5 Å². The van der Waals surface area contributed by atoms with Gasteiger partial charge in [-0.2, -0.15) is 0 Å². The van der Waals surface area contributed by atoms with Gasteiger partial charge in [0.2, 0.25) is 0 Å². The van der Waals surface area contributed by atoms with Gasteiger partial charge in [-0.15, -0.1) is 11.8 Å². The maximum Gasteiger partial charge on any atom is 0.272 e. The maximum absolute atomic E-state index is 13.3. The van der Waals surface area contributed by atoms with E-state index in [1.807, 2.05) is 43.3 Å². The highest BCUT2D eigenvalue weighted by Gasteiger charge is 2.16.